The summed E-state index contributed by atoms with van der Waals surface area (Å²) in [4.78, 5) is 0. The first-order valence-electron chi connectivity index (χ1n) is 10.4. The summed E-state index contributed by atoms with van der Waals surface area (Å²) >= 11 is 5.71. The van der Waals surface area contributed by atoms with Crippen molar-refractivity contribution in [2.75, 3.05) is 0 Å². The van der Waals surface area contributed by atoms with Gasteiger partial charge in [0.25, 0.3) is 5.84 Å². The van der Waals surface area contributed by atoms with Gasteiger partial charge >= 0.3 is 7.71 Å². The predicted octanol–water partition coefficient (Wildman–Crippen LogP) is 5.70. The number of benzene rings is 1. The van der Waals surface area contributed by atoms with E-state index >= 15 is 0 Å². The zero-order valence-electron chi connectivity index (χ0n) is 20.2. The Hall–Kier alpha value is -0.349. The van der Waals surface area contributed by atoms with Crippen molar-refractivity contribution < 1.29 is 4.24 Å². The van der Waals surface area contributed by atoms with Gasteiger partial charge in [-0.05, 0) is 53.7 Å². The first-order chi connectivity index (χ1) is 12.3. The zero-order valence-corrected chi connectivity index (χ0v) is 24.1. The van der Waals surface area contributed by atoms with Crippen LogP contribution in [0.25, 0.3) is 0 Å². The standard InChI is InChI=1S/C21H42N3SSi3/c1-20(2,3)22-19(18-16-14-13-15-17-18)23(21(4,5)6)28(22,25)24(26(7,8)9)27(10,11)12/h13-17,25H,1-12H3/q+1. The van der Waals surface area contributed by atoms with E-state index in [0.29, 0.717) is 0 Å². The van der Waals surface area contributed by atoms with Crippen molar-refractivity contribution in [3.8, 4) is 0 Å². The summed E-state index contributed by atoms with van der Waals surface area (Å²) in [5.41, 5.74) is 1.33. The first kappa shape index (κ1) is 23.9. The van der Waals surface area contributed by atoms with Gasteiger partial charge in [-0.15, -0.1) is 0 Å². The predicted molar refractivity (Wildman–Crippen MR) is 135 cm³/mol. The second-order valence-electron chi connectivity index (χ2n) is 12.0. The van der Waals surface area contributed by atoms with Crippen molar-refractivity contribution in [2.24, 2.45) is 0 Å². The average molecular weight is 453 g/mol. The van der Waals surface area contributed by atoms with E-state index < -0.39 is 24.2 Å². The Balaban J connectivity index is 2.93. The van der Waals surface area contributed by atoms with Gasteiger partial charge in [-0.25, -0.2) is 8.81 Å². The highest BCUT2D eigenvalue weighted by molar-refractivity contribution is 8.13. The molecule has 1 heterocycles. The summed E-state index contributed by atoms with van der Waals surface area (Å²) < 4.78 is 8.39. The van der Waals surface area contributed by atoms with E-state index in [1.54, 1.807) is 0 Å². The molecule has 1 atom stereocenters. The molecule has 0 aromatic heterocycles. The smallest absolute Gasteiger partial charge is 0.287 e. The van der Waals surface area contributed by atoms with Gasteiger partial charge in [-0.2, -0.15) is 0 Å². The maximum Gasteiger partial charge on any atom is 0.620 e. The first-order valence-corrected chi connectivity index (χ1v) is 20.4. The molecule has 7 heteroatoms. The number of nitrogens with zero attached hydrogens (tertiary/aromatic N) is 3. The van der Waals surface area contributed by atoms with Crippen molar-refractivity contribution in [3.05, 3.63) is 35.9 Å². The van der Waals surface area contributed by atoms with Crippen molar-refractivity contribution in [1.82, 2.24) is 8.46 Å². The minimum atomic E-state index is -2.39. The normalized spacial score (nSPS) is 22.0. The molecule has 0 spiro atoms. The van der Waals surface area contributed by atoms with E-state index in [4.69, 9.17) is 12.1 Å². The minimum absolute atomic E-state index is 0.0123. The van der Waals surface area contributed by atoms with Crippen LogP contribution in [0, 0.1) is 0 Å². The molecule has 2 rings (SSSR count). The third kappa shape index (κ3) is 4.10. The van der Waals surface area contributed by atoms with E-state index in [1.165, 1.54) is 11.4 Å². The fourth-order valence-electron chi connectivity index (χ4n) is 4.93. The van der Waals surface area contributed by atoms with Crippen LogP contribution in [0.2, 0.25) is 39.3 Å². The number of hydrogen-bond acceptors (Lipinski definition) is 3. The van der Waals surface area contributed by atoms with Gasteiger partial charge in [0.15, 0.2) is 0 Å². The molecule has 0 saturated carbocycles. The number of rotatable bonds is 4. The van der Waals surface area contributed by atoms with Crippen LogP contribution < -0.4 is 0 Å². The summed E-state index contributed by atoms with van der Waals surface area (Å²) in [7, 11) is -5.62. The van der Waals surface area contributed by atoms with Gasteiger partial charge in [-0.3, -0.25) is 3.90 Å². The van der Waals surface area contributed by atoms with Crippen LogP contribution in [0.15, 0.2) is 30.3 Å². The Morgan fingerprint density at radius 2 is 1.29 bits per heavy atom. The van der Waals surface area contributed by atoms with Gasteiger partial charge < -0.3 is 0 Å². The summed E-state index contributed by atoms with van der Waals surface area (Å²) in [6.45, 7) is 29.1. The highest BCUT2D eigenvalue weighted by Crippen LogP contribution is 2.45. The van der Waals surface area contributed by atoms with Crippen LogP contribution in [-0.4, -0.2) is 53.8 Å². The lowest BCUT2D eigenvalue weighted by Gasteiger charge is -2.60. The molecule has 0 bridgehead atoms. The van der Waals surface area contributed by atoms with Gasteiger partial charge in [0, 0.05) is 0 Å². The van der Waals surface area contributed by atoms with Crippen molar-refractivity contribution in [1.29, 1.82) is 0 Å². The fourth-order valence-corrected chi connectivity index (χ4v) is 32.4. The largest absolute Gasteiger partial charge is 0.620 e. The molecule has 0 unspecified atom stereocenters. The second-order valence-corrected chi connectivity index (χ2v) is 27.2. The molecule has 1 aliphatic heterocycles. The topological polar surface area (TPSA) is 9.49 Å². The Morgan fingerprint density at radius 1 is 0.857 bits per heavy atom. The van der Waals surface area contributed by atoms with E-state index in [-0.39, 0.29) is 11.1 Å². The van der Waals surface area contributed by atoms with Crippen LogP contribution in [0.5, 0.6) is 0 Å². The van der Waals surface area contributed by atoms with Gasteiger partial charge in [0.2, 0.25) is 0 Å². The molecule has 0 radical (unpaired) electrons. The van der Waals surface area contributed by atoms with Crippen LogP contribution >= 0.6 is 12.1 Å². The third-order valence-electron chi connectivity index (χ3n) is 5.04. The zero-order chi connectivity index (χ0) is 21.9. The molecular weight excluding hydrogens is 411 g/mol. The molecule has 0 fully saturated rings. The summed E-state index contributed by atoms with van der Waals surface area (Å²) in [6, 6.07) is 10.9. The van der Waals surface area contributed by atoms with Crippen LogP contribution in [0.4, 0.5) is 0 Å². The molecule has 1 aromatic carbocycles. The SMILES string of the molecule is CC(C)(C)N1C(c2ccccc2)=[N+](C(C)(C)C)[Si@]1(S)N([Si](C)(C)C)[Si](C)(C)C. The van der Waals surface area contributed by atoms with Crippen LogP contribution in [0.1, 0.15) is 47.1 Å². The maximum absolute atomic E-state index is 5.71. The van der Waals surface area contributed by atoms with Gasteiger partial charge in [0.1, 0.15) is 16.5 Å². The second kappa shape index (κ2) is 7.11. The third-order valence-corrected chi connectivity index (χ3v) is 24.1. The quantitative estimate of drug-likeness (QED) is 0.464. The Bertz CT molecular complexity index is 738. The molecule has 0 aliphatic carbocycles. The van der Waals surface area contributed by atoms with E-state index in [2.05, 4.69) is 124 Å². The van der Waals surface area contributed by atoms with Crippen LogP contribution in [0.3, 0.4) is 0 Å². The molecule has 0 N–H and O–H groups in total. The van der Waals surface area contributed by atoms with E-state index in [9.17, 15) is 0 Å². The van der Waals surface area contributed by atoms with Crippen molar-refractivity contribution >= 4 is 42.1 Å². The van der Waals surface area contributed by atoms with Crippen molar-refractivity contribution in [2.45, 2.75) is 91.9 Å². The molecule has 1 aliphatic rings. The highest BCUT2D eigenvalue weighted by atomic mass is 32.3. The lowest BCUT2D eigenvalue weighted by atomic mass is 10.1. The lowest BCUT2D eigenvalue weighted by Crippen LogP contribution is -2.91. The summed E-state index contributed by atoms with van der Waals surface area (Å²) in [5.74, 6) is 1.35. The van der Waals surface area contributed by atoms with Gasteiger partial charge in [-0.1, -0.05) is 69.6 Å². The molecule has 158 valence electrons. The summed E-state index contributed by atoms with van der Waals surface area (Å²) in [5, 5.41) is 0. The van der Waals surface area contributed by atoms with E-state index in [0.717, 1.165) is 0 Å². The minimum Gasteiger partial charge on any atom is -0.287 e. The molecular formula is C21H42N3SSi3+. The monoisotopic (exact) mass is 452 g/mol. The Labute approximate surface area is 182 Å². The Morgan fingerprint density at radius 3 is 1.61 bits per heavy atom. The molecule has 0 saturated heterocycles. The maximum atomic E-state index is 5.71. The Kier molecular flexibility index (Phi) is 6.08. The van der Waals surface area contributed by atoms with E-state index in [1.807, 2.05) is 0 Å². The molecule has 3 nitrogen and oxygen atoms in total. The van der Waals surface area contributed by atoms with Gasteiger partial charge in [0.05, 0.1) is 16.6 Å². The highest BCUT2D eigenvalue weighted by Gasteiger charge is 2.76. The molecule has 28 heavy (non-hydrogen) atoms. The number of amidine groups is 1. The molecule has 0 amide bonds. The lowest BCUT2D eigenvalue weighted by molar-refractivity contribution is -0.517. The van der Waals surface area contributed by atoms with Crippen molar-refractivity contribution in [3.63, 3.8) is 0 Å². The average Bonchev–Trinajstić information content (AvgIpc) is 2.39. The van der Waals surface area contributed by atoms with Crippen LogP contribution in [-0.2, 0) is 0 Å². The molecule has 1 aromatic rings. The fraction of sp³-hybridized carbons (Fsp3) is 0.667. The number of hydrogen-bond donors (Lipinski definition) is 1. The number of thiol groups is 1. The summed E-state index contributed by atoms with van der Waals surface area (Å²) in [6.07, 6.45) is 0.